The van der Waals surface area contributed by atoms with Crippen molar-refractivity contribution in [1.82, 2.24) is 9.97 Å². The molecule has 4 heteroatoms. The molecule has 1 unspecified atom stereocenters. The molecular weight excluding hydrogens is 228 g/mol. The number of hydrogen-bond donors (Lipinski definition) is 1. The van der Waals surface area contributed by atoms with Gasteiger partial charge in [-0.25, -0.2) is 9.97 Å². The number of rotatable bonds is 4. The average molecular weight is 244 g/mol. The molecule has 2 rings (SSSR count). The van der Waals surface area contributed by atoms with Gasteiger partial charge in [0.25, 0.3) is 0 Å². The number of benzene rings is 1. The molecule has 0 amide bonds. The first-order valence-corrected chi connectivity index (χ1v) is 5.87. The van der Waals surface area contributed by atoms with Crippen LogP contribution in [0.25, 0.3) is 0 Å². The predicted octanol–water partition coefficient (Wildman–Crippen LogP) is 2.35. The molecule has 0 aliphatic rings. The van der Waals surface area contributed by atoms with Gasteiger partial charge in [-0.1, -0.05) is 18.2 Å². The van der Waals surface area contributed by atoms with Crippen molar-refractivity contribution in [2.45, 2.75) is 26.1 Å². The molecule has 0 saturated heterocycles. The second kappa shape index (κ2) is 5.60. The van der Waals surface area contributed by atoms with E-state index >= 15 is 0 Å². The highest BCUT2D eigenvalue weighted by atomic mass is 16.5. The molecule has 1 aromatic carbocycles. The summed E-state index contributed by atoms with van der Waals surface area (Å²) in [7, 11) is 0. The molecule has 0 fully saturated rings. The number of aliphatic hydroxyl groups excluding tert-OH is 1. The van der Waals surface area contributed by atoms with Gasteiger partial charge < -0.3 is 9.84 Å². The summed E-state index contributed by atoms with van der Waals surface area (Å²) < 4.78 is 5.69. The molecule has 1 heterocycles. The van der Waals surface area contributed by atoms with Gasteiger partial charge in [-0.15, -0.1) is 0 Å². The van der Waals surface area contributed by atoms with Crippen molar-refractivity contribution in [1.29, 1.82) is 0 Å². The van der Waals surface area contributed by atoms with Gasteiger partial charge in [0, 0.05) is 23.5 Å². The van der Waals surface area contributed by atoms with Crippen LogP contribution in [0.4, 0.5) is 0 Å². The molecular formula is C14H16N2O2. The number of hydrogen-bond acceptors (Lipinski definition) is 4. The van der Waals surface area contributed by atoms with Crippen LogP contribution in [0, 0.1) is 0 Å². The van der Waals surface area contributed by atoms with E-state index in [4.69, 9.17) is 4.74 Å². The van der Waals surface area contributed by atoms with Gasteiger partial charge in [-0.05, 0) is 19.9 Å². The van der Waals surface area contributed by atoms with Crippen LogP contribution in [0.5, 0.6) is 5.75 Å². The van der Waals surface area contributed by atoms with E-state index < -0.39 is 6.10 Å². The van der Waals surface area contributed by atoms with E-state index in [1.807, 2.05) is 38.1 Å². The number of aromatic nitrogens is 2. The van der Waals surface area contributed by atoms with Crippen molar-refractivity contribution in [3.63, 3.8) is 0 Å². The third kappa shape index (κ3) is 2.84. The Labute approximate surface area is 106 Å². The van der Waals surface area contributed by atoms with Crippen molar-refractivity contribution in [2.75, 3.05) is 0 Å². The van der Waals surface area contributed by atoms with Gasteiger partial charge in [0.05, 0.1) is 6.10 Å². The molecule has 0 bridgehead atoms. The normalized spacial score (nSPS) is 12.4. The largest absolute Gasteiger partial charge is 0.491 e. The summed E-state index contributed by atoms with van der Waals surface area (Å²) in [4.78, 5) is 7.82. The van der Waals surface area contributed by atoms with Gasteiger partial charge in [0.2, 0.25) is 0 Å². The van der Waals surface area contributed by atoms with Crippen LogP contribution in [0.2, 0.25) is 0 Å². The summed E-state index contributed by atoms with van der Waals surface area (Å²) in [6, 6.07) is 7.45. The van der Waals surface area contributed by atoms with Gasteiger partial charge in [-0.2, -0.15) is 0 Å². The first-order valence-electron chi connectivity index (χ1n) is 5.87. The van der Waals surface area contributed by atoms with E-state index in [2.05, 4.69) is 9.97 Å². The van der Waals surface area contributed by atoms with Crippen molar-refractivity contribution in [2.24, 2.45) is 0 Å². The van der Waals surface area contributed by atoms with E-state index in [9.17, 15) is 5.11 Å². The molecule has 4 nitrogen and oxygen atoms in total. The molecule has 0 radical (unpaired) electrons. The SMILES string of the molecule is CC(C)Oc1ccccc1C(O)c1cncnc1. The van der Waals surface area contributed by atoms with E-state index in [0.717, 1.165) is 5.56 Å². The highest BCUT2D eigenvalue weighted by Gasteiger charge is 2.16. The minimum Gasteiger partial charge on any atom is -0.491 e. The smallest absolute Gasteiger partial charge is 0.125 e. The summed E-state index contributed by atoms with van der Waals surface area (Å²) in [5.41, 5.74) is 1.37. The van der Waals surface area contributed by atoms with E-state index in [-0.39, 0.29) is 6.10 Å². The minimum absolute atomic E-state index is 0.0605. The van der Waals surface area contributed by atoms with Crippen molar-refractivity contribution in [3.05, 3.63) is 54.1 Å². The highest BCUT2D eigenvalue weighted by Crippen LogP contribution is 2.29. The van der Waals surface area contributed by atoms with Crippen molar-refractivity contribution in [3.8, 4) is 5.75 Å². The molecule has 18 heavy (non-hydrogen) atoms. The van der Waals surface area contributed by atoms with E-state index in [1.54, 1.807) is 12.4 Å². The first-order chi connectivity index (χ1) is 8.68. The summed E-state index contributed by atoms with van der Waals surface area (Å²) in [5, 5.41) is 10.3. The van der Waals surface area contributed by atoms with Crippen LogP contribution < -0.4 is 4.74 Å². The van der Waals surface area contributed by atoms with Crippen LogP contribution in [-0.2, 0) is 0 Å². The van der Waals surface area contributed by atoms with Gasteiger partial charge in [0.1, 0.15) is 18.2 Å². The summed E-state index contributed by atoms with van der Waals surface area (Å²) >= 11 is 0. The standard InChI is InChI=1S/C14H16N2O2/c1-10(2)18-13-6-4-3-5-12(13)14(17)11-7-15-9-16-8-11/h3-10,14,17H,1-2H3. The third-order valence-corrected chi connectivity index (χ3v) is 2.47. The monoisotopic (exact) mass is 244 g/mol. The fourth-order valence-electron chi connectivity index (χ4n) is 1.70. The number of aliphatic hydroxyl groups is 1. The van der Waals surface area contributed by atoms with Crippen LogP contribution in [0.3, 0.4) is 0 Å². The Morgan fingerprint density at radius 1 is 1.11 bits per heavy atom. The molecule has 1 atom stereocenters. The first kappa shape index (κ1) is 12.5. The Hall–Kier alpha value is -1.94. The molecule has 1 aromatic heterocycles. The zero-order chi connectivity index (χ0) is 13.0. The lowest BCUT2D eigenvalue weighted by Crippen LogP contribution is -2.10. The van der Waals surface area contributed by atoms with Crippen LogP contribution in [0.1, 0.15) is 31.1 Å². The Bertz CT molecular complexity index is 500. The molecule has 0 aliphatic heterocycles. The zero-order valence-electron chi connectivity index (χ0n) is 10.4. The second-order valence-electron chi connectivity index (χ2n) is 4.28. The van der Waals surface area contributed by atoms with Crippen molar-refractivity contribution < 1.29 is 9.84 Å². The van der Waals surface area contributed by atoms with Gasteiger partial charge >= 0.3 is 0 Å². The maximum absolute atomic E-state index is 10.3. The Balaban J connectivity index is 2.33. The summed E-state index contributed by atoms with van der Waals surface area (Å²) in [5.74, 6) is 0.684. The maximum Gasteiger partial charge on any atom is 0.125 e. The fourth-order valence-corrected chi connectivity index (χ4v) is 1.70. The van der Waals surface area contributed by atoms with Gasteiger partial charge in [0.15, 0.2) is 0 Å². The van der Waals surface area contributed by atoms with Crippen LogP contribution in [0.15, 0.2) is 43.0 Å². The minimum atomic E-state index is -0.777. The molecule has 0 spiro atoms. The summed E-state index contributed by atoms with van der Waals surface area (Å²) in [6.45, 7) is 3.91. The number of nitrogens with zero attached hydrogens (tertiary/aromatic N) is 2. The Morgan fingerprint density at radius 3 is 2.44 bits per heavy atom. The lowest BCUT2D eigenvalue weighted by Gasteiger charge is -2.17. The molecule has 94 valence electrons. The molecule has 1 N–H and O–H groups in total. The number of ether oxygens (including phenoxy) is 1. The molecule has 2 aromatic rings. The predicted molar refractivity (Wildman–Crippen MR) is 68.3 cm³/mol. The average Bonchev–Trinajstić information content (AvgIpc) is 2.39. The zero-order valence-corrected chi connectivity index (χ0v) is 10.4. The third-order valence-electron chi connectivity index (χ3n) is 2.47. The molecule has 0 aliphatic carbocycles. The lowest BCUT2D eigenvalue weighted by molar-refractivity contribution is 0.197. The van der Waals surface area contributed by atoms with Crippen LogP contribution >= 0.6 is 0 Å². The Morgan fingerprint density at radius 2 is 1.78 bits per heavy atom. The quantitative estimate of drug-likeness (QED) is 0.897. The molecule has 0 saturated carbocycles. The van der Waals surface area contributed by atoms with Gasteiger partial charge in [-0.3, -0.25) is 0 Å². The maximum atomic E-state index is 10.3. The number of para-hydroxylation sites is 1. The fraction of sp³-hybridized carbons (Fsp3) is 0.286. The Kier molecular flexibility index (Phi) is 3.89. The van der Waals surface area contributed by atoms with E-state index in [1.165, 1.54) is 6.33 Å². The second-order valence-corrected chi connectivity index (χ2v) is 4.28. The summed E-state index contributed by atoms with van der Waals surface area (Å²) in [6.07, 6.45) is 3.92. The topological polar surface area (TPSA) is 55.2 Å². The highest BCUT2D eigenvalue weighted by molar-refractivity contribution is 5.39. The van der Waals surface area contributed by atoms with Crippen LogP contribution in [-0.4, -0.2) is 21.2 Å². The lowest BCUT2D eigenvalue weighted by atomic mass is 10.0. The van der Waals surface area contributed by atoms with Crippen molar-refractivity contribution >= 4 is 0 Å². The van der Waals surface area contributed by atoms with E-state index in [0.29, 0.717) is 11.3 Å².